The summed E-state index contributed by atoms with van der Waals surface area (Å²) in [5.74, 6) is 0.648. The van der Waals surface area contributed by atoms with Crippen LogP contribution < -0.4 is 19.9 Å². The highest BCUT2D eigenvalue weighted by Crippen LogP contribution is 2.29. The predicted molar refractivity (Wildman–Crippen MR) is 101 cm³/mol. The molecule has 144 valence electrons. The van der Waals surface area contributed by atoms with Crippen molar-refractivity contribution in [3.8, 4) is 17.2 Å². The van der Waals surface area contributed by atoms with Gasteiger partial charge in [0.15, 0.2) is 18.1 Å². The third kappa shape index (κ3) is 5.13. The largest absolute Gasteiger partial charge is 0.496 e. The molecular weight excluding hydrogens is 348 g/mol. The van der Waals surface area contributed by atoms with Crippen molar-refractivity contribution in [1.82, 2.24) is 4.90 Å². The van der Waals surface area contributed by atoms with Crippen LogP contribution >= 0.6 is 0 Å². The van der Waals surface area contributed by atoms with Crippen molar-refractivity contribution < 1.29 is 23.8 Å². The van der Waals surface area contributed by atoms with Crippen molar-refractivity contribution in [1.29, 1.82) is 0 Å². The zero-order valence-electron chi connectivity index (χ0n) is 15.9. The van der Waals surface area contributed by atoms with E-state index in [2.05, 4.69) is 0 Å². The predicted octanol–water partition coefficient (Wildman–Crippen LogP) is 2.15. The minimum absolute atomic E-state index is 0.182. The van der Waals surface area contributed by atoms with Gasteiger partial charge in [0.2, 0.25) is 0 Å². The lowest BCUT2D eigenvalue weighted by atomic mass is 10.1. The molecule has 2 rings (SSSR count). The fourth-order valence-corrected chi connectivity index (χ4v) is 2.65. The minimum Gasteiger partial charge on any atom is -0.496 e. The van der Waals surface area contributed by atoms with Gasteiger partial charge in [-0.1, -0.05) is 17.7 Å². The Morgan fingerprint density at radius 1 is 1.00 bits per heavy atom. The number of ether oxygens (including phenoxy) is 3. The summed E-state index contributed by atoms with van der Waals surface area (Å²) in [6.07, 6.45) is 0. The normalized spacial score (nSPS) is 10.2. The monoisotopic (exact) mass is 372 g/mol. The Balaban J connectivity index is 2.19. The Morgan fingerprint density at radius 3 is 2.30 bits per heavy atom. The van der Waals surface area contributed by atoms with Crippen molar-refractivity contribution in [2.45, 2.75) is 13.5 Å². The van der Waals surface area contributed by atoms with E-state index in [0.29, 0.717) is 23.6 Å². The van der Waals surface area contributed by atoms with Crippen LogP contribution in [0.15, 0.2) is 36.4 Å². The number of methoxy groups -OCH3 is 2. The molecule has 0 aromatic heterocycles. The van der Waals surface area contributed by atoms with E-state index < -0.39 is 5.91 Å². The second kappa shape index (κ2) is 8.93. The van der Waals surface area contributed by atoms with Gasteiger partial charge in [-0.15, -0.1) is 0 Å². The second-order valence-corrected chi connectivity index (χ2v) is 6.10. The van der Waals surface area contributed by atoms with Crippen LogP contribution in [0, 0.1) is 6.92 Å². The second-order valence-electron chi connectivity index (χ2n) is 6.10. The molecular formula is C20H24N2O5. The zero-order chi connectivity index (χ0) is 20.0. The fourth-order valence-electron chi connectivity index (χ4n) is 2.65. The smallest absolute Gasteiger partial charge is 0.255 e. The Hall–Kier alpha value is -3.22. The third-order valence-corrected chi connectivity index (χ3v) is 3.97. The van der Waals surface area contributed by atoms with Crippen LogP contribution in [0.1, 0.15) is 21.5 Å². The zero-order valence-corrected chi connectivity index (χ0v) is 15.9. The number of benzene rings is 2. The molecule has 2 aromatic carbocycles. The van der Waals surface area contributed by atoms with E-state index in [1.165, 1.54) is 7.11 Å². The van der Waals surface area contributed by atoms with Gasteiger partial charge >= 0.3 is 0 Å². The first-order valence-electron chi connectivity index (χ1n) is 8.33. The highest BCUT2D eigenvalue weighted by Gasteiger charge is 2.17. The molecule has 0 fully saturated rings. The molecule has 0 aliphatic rings. The maximum absolute atomic E-state index is 12.8. The average molecular weight is 372 g/mol. The molecule has 0 saturated heterocycles. The topological polar surface area (TPSA) is 91.1 Å². The van der Waals surface area contributed by atoms with Crippen LogP contribution in [-0.2, 0) is 11.3 Å². The van der Waals surface area contributed by atoms with E-state index in [1.807, 2.05) is 25.1 Å². The van der Waals surface area contributed by atoms with Crippen LogP contribution in [0.4, 0.5) is 0 Å². The highest BCUT2D eigenvalue weighted by atomic mass is 16.5. The molecule has 0 heterocycles. The van der Waals surface area contributed by atoms with Gasteiger partial charge in [-0.05, 0) is 31.2 Å². The summed E-state index contributed by atoms with van der Waals surface area (Å²) in [5.41, 5.74) is 7.52. The van der Waals surface area contributed by atoms with Crippen LogP contribution in [-0.4, -0.2) is 44.6 Å². The lowest BCUT2D eigenvalue weighted by Crippen LogP contribution is -2.26. The standard InChI is InChI=1S/C20H24N2O5/c1-13-5-7-16(25-3)15(9-13)11-22(2)20(24)14-6-8-17(18(10-14)26-4)27-12-19(21)23/h5-10H,11-12H2,1-4H3,(H2,21,23). The number of amides is 2. The van der Waals surface area contributed by atoms with Gasteiger partial charge in [0.25, 0.3) is 11.8 Å². The average Bonchev–Trinajstić information content (AvgIpc) is 2.65. The Labute approximate surface area is 158 Å². The summed E-state index contributed by atoms with van der Waals surface area (Å²) in [7, 11) is 4.78. The number of hydrogen-bond donors (Lipinski definition) is 1. The van der Waals surface area contributed by atoms with Gasteiger partial charge in [0, 0.05) is 24.7 Å². The van der Waals surface area contributed by atoms with Crippen LogP contribution in [0.3, 0.4) is 0 Å². The highest BCUT2D eigenvalue weighted by molar-refractivity contribution is 5.94. The van der Waals surface area contributed by atoms with E-state index >= 15 is 0 Å². The number of aryl methyl sites for hydroxylation is 1. The molecule has 2 amide bonds. The number of carbonyl (C=O) groups is 2. The van der Waals surface area contributed by atoms with E-state index in [0.717, 1.165) is 16.9 Å². The number of nitrogens with zero attached hydrogens (tertiary/aromatic N) is 1. The molecule has 0 spiro atoms. The molecule has 0 saturated carbocycles. The van der Waals surface area contributed by atoms with Crippen molar-refractivity contribution in [2.75, 3.05) is 27.9 Å². The lowest BCUT2D eigenvalue weighted by Gasteiger charge is -2.20. The molecule has 2 N–H and O–H groups in total. The van der Waals surface area contributed by atoms with E-state index in [9.17, 15) is 9.59 Å². The number of rotatable bonds is 8. The van der Waals surface area contributed by atoms with E-state index in [1.54, 1.807) is 37.3 Å². The summed E-state index contributed by atoms with van der Waals surface area (Å²) in [6, 6.07) is 10.6. The molecule has 0 radical (unpaired) electrons. The number of primary amides is 1. The lowest BCUT2D eigenvalue weighted by molar-refractivity contribution is -0.119. The third-order valence-electron chi connectivity index (χ3n) is 3.97. The SMILES string of the molecule is COc1ccc(C)cc1CN(C)C(=O)c1ccc(OCC(N)=O)c(OC)c1. The maximum atomic E-state index is 12.8. The first-order valence-corrected chi connectivity index (χ1v) is 8.33. The molecule has 0 atom stereocenters. The van der Waals surface area contributed by atoms with Gasteiger partial charge in [0.1, 0.15) is 5.75 Å². The van der Waals surface area contributed by atoms with Crippen molar-refractivity contribution >= 4 is 11.8 Å². The Bertz CT molecular complexity index is 835. The molecule has 0 bridgehead atoms. The number of carbonyl (C=O) groups excluding carboxylic acids is 2. The van der Waals surface area contributed by atoms with Crippen LogP contribution in [0.2, 0.25) is 0 Å². The van der Waals surface area contributed by atoms with Crippen molar-refractivity contribution in [3.63, 3.8) is 0 Å². The summed E-state index contributed by atoms with van der Waals surface area (Å²) in [6.45, 7) is 2.11. The molecule has 2 aromatic rings. The first kappa shape index (κ1) is 20.1. The number of hydrogen-bond acceptors (Lipinski definition) is 5. The van der Waals surface area contributed by atoms with Crippen molar-refractivity contribution in [3.05, 3.63) is 53.1 Å². The van der Waals surface area contributed by atoms with Gasteiger partial charge < -0.3 is 24.8 Å². The Kier molecular flexibility index (Phi) is 6.65. The minimum atomic E-state index is -0.593. The molecule has 7 nitrogen and oxygen atoms in total. The Morgan fingerprint density at radius 2 is 1.67 bits per heavy atom. The summed E-state index contributed by atoms with van der Waals surface area (Å²) >= 11 is 0. The summed E-state index contributed by atoms with van der Waals surface area (Å²) in [4.78, 5) is 25.3. The van der Waals surface area contributed by atoms with Crippen molar-refractivity contribution in [2.24, 2.45) is 5.73 Å². The quantitative estimate of drug-likeness (QED) is 0.767. The molecule has 7 heteroatoms. The fraction of sp³-hybridized carbons (Fsp3) is 0.300. The molecule has 0 aliphatic carbocycles. The van der Waals surface area contributed by atoms with Gasteiger partial charge in [0.05, 0.1) is 14.2 Å². The van der Waals surface area contributed by atoms with Gasteiger partial charge in [-0.25, -0.2) is 0 Å². The molecule has 27 heavy (non-hydrogen) atoms. The van der Waals surface area contributed by atoms with E-state index in [4.69, 9.17) is 19.9 Å². The van der Waals surface area contributed by atoms with E-state index in [-0.39, 0.29) is 12.5 Å². The van der Waals surface area contributed by atoms with Gasteiger partial charge in [-0.3, -0.25) is 9.59 Å². The van der Waals surface area contributed by atoms with Crippen LogP contribution in [0.5, 0.6) is 17.2 Å². The number of nitrogens with two attached hydrogens (primary N) is 1. The first-order chi connectivity index (χ1) is 12.8. The molecule has 0 aliphatic heterocycles. The maximum Gasteiger partial charge on any atom is 0.255 e. The van der Waals surface area contributed by atoms with Gasteiger partial charge in [-0.2, -0.15) is 0 Å². The summed E-state index contributed by atoms with van der Waals surface area (Å²) < 4.78 is 15.9. The summed E-state index contributed by atoms with van der Waals surface area (Å²) in [5, 5.41) is 0. The molecule has 0 unspecified atom stereocenters. The van der Waals surface area contributed by atoms with Crippen LogP contribution in [0.25, 0.3) is 0 Å².